The minimum absolute atomic E-state index is 0.179. The van der Waals surface area contributed by atoms with Crippen molar-refractivity contribution in [3.05, 3.63) is 72.7 Å². The van der Waals surface area contributed by atoms with Gasteiger partial charge in [-0.1, -0.05) is 6.07 Å². The summed E-state index contributed by atoms with van der Waals surface area (Å²) in [6.07, 6.45) is 8.27. The van der Waals surface area contributed by atoms with Crippen LogP contribution in [-0.2, 0) is 6.54 Å². The highest BCUT2D eigenvalue weighted by molar-refractivity contribution is 5.94. The van der Waals surface area contributed by atoms with Gasteiger partial charge in [0.25, 0.3) is 5.91 Å². The predicted molar refractivity (Wildman–Crippen MR) is 85.5 cm³/mol. The molecule has 0 bridgehead atoms. The van der Waals surface area contributed by atoms with E-state index >= 15 is 0 Å². The van der Waals surface area contributed by atoms with E-state index in [1.807, 2.05) is 24.4 Å². The average molecular weight is 319 g/mol. The molecule has 4 rings (SSSR count). The molecule has 0 aromatic carbocycles. The van der Waals surface area contributed by atoms with Gasteiger partial charge in [-0.2, -0.15) is 5.10 Å². The number of nitrogens with zero attached hydrogens (tertiary/aromatic N) is 6. The Hall–Kier alpha value is -3.55. The molecule has 0 fully saturated rings. The lowest BCUT2D eigenvalue weighted by Gasteiger charge is -2.06. The van der Waals surface area contributed by atoms with E-state index in [2.05, 4.69) is 25.6 Å². The van der Waals surface area contributed by atoms with Crippen LogP contribution in [-0.4, -0.2) is 35.3 Å². The largest absolute Gasteiger partial charge is 0.348 e. The summed E-state index contributed by atoms with van der Waals surface area (Å²) in [6, 6.07) is 9.17. The van der Waals surface area contributed by atoms with E-state index in [1.54, 1.807) is 33.6 Å². The van der Waals surface area contributed by atoms with Crippen LogP contribution in [0.15, 0.2) is 61.6 Å². The standard InChI is InChI=1S/C16H13N7O/c24-16(12-4-5-17-15(7-12)22-10-19-20-11-22)18-8-13-9-21-23-6-2-1-3-14(13)23/h1-7,9-11H,8H2,(H,18,24). The van der Waals surface area contributed by atoms with Crippen molar-refractivity contribution in [2.75, 3.05) is 0 Å². The fourth-order valence-electron chi connectivity index (χ4n) is 2.42. The van der Waals surface area contributed by atoms with Gasteiger partial charge in [0.15, 0.2) is 0 Å². The van der Waals surface area contributed by atoms with Crippen LogP contribution in [0.5, 0.6) is 0 Å². The lowest BCUT2D eigenvalue weighted by Crippen LogP contribution is -2.23. The van der Waals surface area contributed by atoms with Crippen LogP contribution in [0.2, 0.25) is 0 Å². The number of aromatic nitrogens is 6. The van der Waals surface area contributed by atoms with Crippen molar-refractivity contribution in [2.45, 2.75) is 6.54 Å². The first-order valence-electron chi connectivity index (χ1n) is 7.32. The monoisotopic (exact) mass is 319 g/mol. The van der Waals surface area contributed by atoms with E-state index in [0.29, 0.717) is 17.9 Å². The van der Waals surface area contributed by atoms with Crippen molar-refractivity contribution >= 4 is 11.4 Å². The number of amides is 1. The van der Waals surface area contributed by atoms with Gasteiger partial charge in [0.05, 0.1) is 11.7 Å². The summed E-state index contributed by atoms with van der Waals surface area (Å²) in [5, 5.41) is 14.6. The van der Waals surface area contributed by atoms with Gasteiger partial charge >= 0.3 is 0 Å². The van der Waals surface area contributed by atoms with Crippen molar-refractivity contribution in [3.63, 3.8) is 0 Å². The van der Waals surface area contributed by atoms with Crippen LogP contribution >= 0.6 is 0 Å². The van der Waals surface area contributed by atoms with Gasteiger partial charge < -0.3 is 5.32 Å². The van der Waals surface area contributed by atoms with E-state index in [0.717, 1.165) is 11.1 Å². The quantitative estimate of drug-likeness (QED) is 0.611. The van der Waals surface area contributed by atoms with E-state index < -0.39 is 0 Å². The second-order valence-corrected chi connectivity index (χ2v) is 5.15. The second-order valence-electron chi connectivity index (χ2n) is 5.15. The van der Waals surface area contributed by atoms with Crippen LogP contribution in [0.1, 0.15) is 15.9 Å². The van der Waals surface area contributed by atoms with Crippen molar-refractivity contribution in [3.8, 4) is 5.82 Å². The predicted octanol–water partition coefficient (Wildman–Crippen LogP) is 1.24. The first-order chi connectivity index (χ1) is 11.8. The normalized spacial score (nSPS) is 10.8. The summed E-state index contributed by atoms with van der Waals surface area (Å²) in [6.45, 7) is 0.399. The minimum atomic E-state index is -0.179. The molecule has 0 aliphatic rings. The second kappa shape index (κ2) is 5.92. The molecule has 1 N–H and O–H groups in total. The third-order valence-corrected chi connectivity index (χ3v) is 3.64. The van der Waals surface area contributed by atoms with Gasteiger partial charge in [-0.05, 0) is 24.3 Å². The number of fused-ring (bicyclic) bond motifs is 1. The van der Waals surface area contributed by atoms with E-state index in [-0.39, 0.29) is 5.91 Å². The van der Waals surface area contributed by atoms with Crippen LogP contribution in [0.3, 0.4) is 0 Å². The molecule has 24 heavy (non-hydrogen) atoms. The fraction of sp³-hybridized carbons (Fsp3) is 0.0625. The van der Waals surface area contributed by atoms with Crippen LogP contribution in [0.4, 0.5) is 0 Å². The Morgan fingerprint density at radius 1 is 1.17 bits per heavy atom. The molecule has 0 aliphatic carbocycles. The Morgan fingerprint density at radius 3 is 2.92 bits per heavy atom. The highest BCUT2D eigenvalue weighted by Gasteiger charge is 2.09. The molecule has 0 saturated carbocycles. The van der Waals surface area contributed by atoms with Gasteiger partial charge in [0.1, 0.15) is 18.5 Å². The lowest BCUT2D eigenvalue weighted by molar-refractivity contribution is 0.0951. The van der Waals surface area contributed by atoms with E-state index in [4.69, 9.17) is 0 Å². The molecule has 8 heteroatoms. The van der Waals surface area contributed by atoms with Crippen molar-refractivity contribution in [1.29, 1.82) is 0 Å². The number of hydrogen-bond donors (Lipinski definition) is 1. The zero-order chi connectivity index (χ0) is 16.4. The fourth-order valence-corrected chi connectivity index (χ4v) is 2.42. The summed E-state index contributed by atoms with van der Waals surface area (Å²) in [5.41, 5.74) is 2.44. The smallest absolute Gasteiger partial charge is 0.251 e. The number of rotatable bonds is 4. The molecule has 0 aliphatic heterocycles. The van der Waals surface area contributed by atoms with Crippen LogP contribution in [0.25, 0.3) is 11.3 Å². The summed E-state index contributed by atoms with van der Waals surface area (Å²) >= 11 is 0. The van der Waals surface area contributed by atoms with E-state index in [1.165, 1.54) is 12.7 Å². The molecule has 4 aromatic rings. The number of pyridine rings is 2. The maximum absolute atomic E-state index is 12.4. The maximum atomic E-state index is 12.4. The van der Waals surface area contributed by atoms with Crippen molar-refractivity contribution in [1.82, 2.24) is 34.7 Å². The van der Waals surface area contributed by atoms with Crippen molar-refractivity contribution in [2.24, 2.45) is 0 Å². The molecule has 0 saturated heterocycles. The maximum Gasteiger partial charge on any atom is 0.251 e. The first kappa shape index (κ1) is 14.1. The SMILES string of the molecule is O=C(NCc1cnn2ccccc12)c1ccnc(-n2cnnc2)c1. The summed E-state index contributed by atoms with van der Waals surface area (Å²) in [4.78, 5) is 16.6. The molecule has 4 aromatic heterocycles. The summed E-state index contributed by atoms with van der Waals surface area (Å²) in [7, 11) is 0. The van der Waals surface area contributed by atoms with Gasteiger partial charge in [-0.25, -0.2) is 9.50 Å². The zero-order valence-electron chi connectivity index (χ0n) is 12.6. The Morgan fingerprint density at radius 2 is 2.04 bits per heavy atom. The van der Waals surface area contributed by atoms with E-state index in [9.17, 15) is 4.79 Å². The molecule has 0 radical (unpaired) electrons. The Balaban J connectivity index is 1.51. The van der Waals surface area contributed by atoms with Gasteiger partial charge in [0.2, 0.25) is 0 Å². The molecule has 4 heterocycles. The number of hydrogen-bond acceptors (Lipinski definition) is 5. The molecular weight excluding hydrogens is 306 g/mol. The lowest BCUT2D eigenvalue weighted by atomic mass is 10.2. The van der Waals surface area contributed by atoms with Gasteiger partial charge in [0, 0.05) is 30.1 Å². The Labute approximate surface area is 136 Å². The van der Waals surface area contributed by atoms with Crippen molar-refractivity contribution < 1.29 is 4.79 Å². The molecule has 1 amide bonds. The average Bonchev–Trinajstić information content (AvgIpc) is 3.30. The number of nitrogens with one attached hydrogen (secondary N) is 1. The van der Waals surface area contributed by atoms with Gasteiger partial charge in [-0.15, -0.1) is 10.2 Å². The Kier molecular flexibility index (Phi) is 3.47. The summed E-state index contributed by atoms with van der Waals surface area (Å²) < 4.78 is 3.42. The molecule has 0 spiro atoms. The third-order valence-electron chi connectivity index (χ3n) is 3.64. The van der Waals surface area contributed by atoms with Crippen LogP contribution < -0.4 is 5.32 Å². The molecular formula is C16H13N7O. The Bertz CT molecular complexity index is 991. The minimum Gasteiger partial charge on any atom is -0.348 e. The van der Waals surface area contributed by atoms with Crippen LogP contribution in [0, 0.1) is 0 Å². The summed E-state index contributed by atoms with van der Waals surface area (Å²) in [5.74, 6) is 0.408. The molecule has 8 nitrogen and oxygen atoms in total. The highest BCUT2D eigenvalue weighted by atomic mass is 16.1. The third kappa shape index (κ3) is 2.60. The zero-order valence-corrected chi connectivity index (χ0v) is 12.6. The molecule has 0 unspecified atom stereocenters. The number of carbonyl (C=O) groups excluding carboxylic acids is 1. The number of carbonyl (C=O) groups is 1. The van der Waals surface area contributed by atoms with Gasteiger partial charge in [-0.3, -0.25) is 9.36 Å². The highest BCUT2D eigenvalue weighted by Crippen LogP contribution is 2.10. The topological polar surface area (TPSA) is 90.0 Å². The first-order valence-corrected chi connectivity index (χ1v) is 7.32. The molecule has 118 valence electrons. The molecule has 0 atom stereocenters.